The van der Waals surface area contributed by atoms with Crippen LogP contribution in [-0.2, 0) is 4.79 Å². The van der Waals surface area contributed by atoms with Gasteiger partial charge in [-0.2, -0.15) is 0 Å². The van der Waals surface area contributed by atoms with Crippen LogP contribution >= 0.6 is 15.9 Å². The second-order valence-electron chi connectivity index (χ2n) is 7.18. The Morgan fingerprint density at radius 3 is 2.39 bits per heavy atom. The van der Waals surface area contributed by atoms with E-state index in [-0.39, 0.29) is 24.5 Å². The van der Waals surface area contributed by atoms with E-state index < -0.39 is 0 Å². The van der Waals surface area contributed by atoms with Crippen molar-refractivity contribution in [1.29, 1.82) is 0 Å². The Balaban J connectivity index is 1.63. The van der Waals surface area contributed by atoms with Gasteiger partial charge in [0.2, 0.25) is 0 Å². The van der Waals surface area contributed by atoms with Crippen LogP contribution in [0, 0.1) is 0 Å². The van der Waals surface area contributed by atoms with Crippen molar-refractivity contribution < 1.29 is 14.3 Å². The number of nitrogens with one attached hydrogen (secondary N) is 2. The molecule has 0 aromatic heterocycles. The summed E-state index contributed by atoms with van der Waals surface area (Å²) in [6.07, 6.45) is 0.825. The van der Waals surface area contributed by atoms with E-state index in [0.717, 1.165) is 22.0 Å². The standard InChI is InChI=1S/C25H25BrN2O3/c1-3-17(2)27-25(30)20-11-7-8-12-22(20)28-24(29)16-31-23-14-13-19(15-21(23)26)18-9-5-4-6-10-18/h4-15,17H,3,16H2,1-2H3,(H,27,30)(H,28,29). The van der Waals surface area contributed by atoms with Crippen LogP contribution in [0.25, 0.3) is 11.1 Å². The number of benzene rings is 3. The van der Waals surface area contributed by atoms with Crippen LogP contribution in [0.5, 0.6) is 5.75 Å². The minimum absolute atomic E-state index is 0.0517. The van der Waals surface area contributed by atoms with Crippen molar-refractivity contribution in [3.63, 3.8) is 0 Å². The molecular formula is C25H25BrN2O3. The van der Waals surface area contributed by atoms with E-state index in [1.165, 1.54) is 0 Å². The Kier molecular flexibility index (Phi) is 7.84. The highest BCUT2D eigenvalue weighted by Gasteiger charge is 2.15. The van der Waals surface area contributed by atoms with E-state index in [9.17, 15) is 9.59 Å². The normalized spacial score (nSPS) is 11.5. The first kappa shape index (κ1) is 22.6. The second-order valence-corrected chi connectivity index (χ2v) is 8.03. The Bertz CT molecular complexity index is 1050. The molecular weight excluding hydrogens is 456 g/mol. The summed E-state index contributed by atoms with van der Waals surface area (Å²) < 4.78 is 6.44. The van der Waals surface area contributed by atoms with Gasteiger partial charge in [0.1, 0.15) is 5.75 Å². The summed E-state index contributed by atoms with van der Waals surface area (Å²) in [5.74, 6) is 0.00543. The molecule has 160 valence electrons. The van der Waals surface area contributed by atoms with Crippen LogP contribution in [0.4, 0.5) is 5.69 Å². The molecule has 0 bridgehead atoms. The third-order valence-corrected chi connectivity index (χ3v) is 5.45. The molecule has 1 atom stereocenters. The molecule has 3 rings (SSSR count). The highest BCUT2D eigenvalue weighted by atomic mass is 79.9. The average molecular weight is 481 g/mol. The number of carbonyl (C=O) groups excluding carboxylic acids is 2. The highest BCUT2D eigenvalue weighted by Crippen LogP contribution is 2.30. The zero-order chi connectivity index (χ0) is 22.2. The summed E-state index contributed by atoms with van der Waals surface area (Å²) in [6, 6.07) is 22.7. The Morgan fingerprint density at radius 2 is 1.68 bits per heavy atom. The maximum atomic E-state index is 12.5. The Hall–Kier alpha value is -3.12. The largest absolute Gasteiger partial charge is 0.483 e. The number of rotatable bonds is 8. The number of hydrogen-bond donors (Lipinski definition) is 2. The van der Waals surface area contributed by atoms with Gasteiger partial charge in [0.15, 0.2) is 6.61 Å². The summed E-state index contributed by atoms with van der Waals surface area (Å²) in [5, 5.41) is 5.69. The summed E-state index contributed by atoms with van der Waals surface area (Å²) in [6.45, 7) is 3.76. The summed E-state index contributed by atoms with van der Waals surface area (Å²) >= 11 is 3.51. The lowest BCUT2D eigenvalue weighted by atomic mass is 10.1. The van der Waals surface area contributed by atoms with Gasteiger partial charge in [-0.1, -0.05) is 55.5 Å². The fraction of sp³-hybridized carbons (Fsp3) is 0.200. The van der Waals surface area contributed by atoms with Crippen LogP contribution in [-0.4, -0.2) is 24.5 Å². The van der Waals surface area contributed by atoms with Crippen molar-refractivity contribution in [3.05, 3.63) is 82.8 Å². The number of ether oxygens (including phenoxy) is 1. The van der Waals surface area contributed by atoms with Gasteiger partial charge in [-0.05, 0) is 64.7 Å². The first-order valence-corrected chi connectivity index (χ1v) is 10.9. The molecule has 3 aromatic carbocycles. The first-order valence-electron chi connectivity index (χ1n) is 10.2. The molecule has 0 saturated carbocycles. The van der Waals surface area contributed by atoms with Crippen molar-refractivity contribution in [3.8, 4) is 16.9 Å². The zero-order valence-corrected chi connectivity index (χ0v) is 19.1. The minimum atomic E-state index is -0.345. The molecule has 0 radical (unpaired) electrons. The predicted molar refractivity (Wildman–Crippen MR) is 127 cm³/mol. The van der Waals surface area contributed by atoms with Gasteiger partial charge >= 0.3 is 0 Å². The highest BCUT2D eigenvalue weighted by molar-refractivity contribution is 9.10. The fourth-order valence-electron chi connectivity index (χ4n) is 2.95. The summed E-state index contributed by atoms with van der Waals surface area (Å²) in [4.78, 5) is 24.9. The first-order chi connectivity index (χ1) is 15.0. The van der Waals surface area contributed by atoms with Gasteiger partial charge in [0.25, 0.3) is 11.8 Å². The monoisotopic (exact) mass is 480 g/mol. The zero-order valence-electron chi connectivity index (χ0n) is 17.5. The quantitative estimate of drug-likeness (QED) is 0.436. The van der Waals surface area contributed by atoms with E-state index in [2.05, 4.69) is 26.6 Å². The van der Waals surface area contributed by atoms with Crippen LogP contribution in [0.1, 0.15) is 30.6 Å². The van der Waals surface area contributed by atoms with E-state index in [1.54, 1.807) is 24.3 Å². The van der Waals surface area contributed by atoms with Crippen molar-refractivity contribution >= 4 is 33.4 Å². The molecule has 0 spiro atoms. The molecule has 5 nitrogen and oxygen atoms in total. The van der Waals surface area contributed by atoms with Crippen LogP contribution in [0.2, 0.25) is 0 Å². The number of carbonyl (C=O) groups is 2. The van der Waals surface area contributed by atoms with Crippen LogP contribution in [0.3, 0.4) is 0 Å². The molecule has 0 heterocycles. The van der Waals surface area contributed by atoms with Crippen LogP contribution < -0.4 is 15.4 Å². The molecule has 6 heteroatoms. The van der Waals surface area contributed by atoms with Gasteiger partial charge < -0.3 is 15.4 Å². The van der Waals surface area contributed by atoms with Gasteiger partial charge in [-0.15, -0.1) is 0 Å². The van der Waals surface area contributed by atoms with Gasteiger partial charge in [0, 0.05) is 6.04 Å². The minimum Gasteiger partial charge on any atom is -0.483 e. The number of halogens is 1. The molecule has 2 amide bonds. The molecule has 2 N–H and O–H groups in total. The fourth-order valence-corrected chi connectivity index (χ4v) is 3.44. The van der Waals surface area contributed by atoms with E-state index in [4.69, 9.17) is 4.74 Å². The third-order valence-electron chi connectivity index (χ3n) is 4.83. The smallest absolute Gasteiger partial charge is 0.262 e. The van der Waals surface area contributed by atoms with Crippen molar-refractivity contribution in [2.24, 2.45) is 0 Å². The van der Waals surface area contributed by atoms with Crippen LogP contribution in [0.15, 0.2) is 77.3 Å². The SMILES string of the molecule is CCC(C)NC(=O)c1ccccc1NC(=O)COc1ccc(-c2ccccc2)cc1Br. The Labute approximate surface area is 191 Å². The Morgan fingerprint density at radius 1 is 0.968 bits per heavy atom. The van der Waals surface area contributed by atoms with Gasteiger partial charge in [-0.25, -0.2) is 0 Å². The summed E-state index contributed by atoms with van der Waals surface area (Å²) in [5.41, 5.74) is 3.02. The van der Waals surface area contributed by atoms with E-state index in [0.29, 0.717) is 17.0 Å². The predicted octanol–water partition coefficient (Wildman–Crippen LogP) is 5.66. The van der Waals surface area contributed by atoms with Crippen molar-refractivity contribution in [2.75, 3.05) is 11.9 Å². The van der Waals surface area contributed by atoms with E-state index >= 15 is 0 Å². The number of hydrogen-bond acceptors (Lipinski definition) is 3. The number of amides is 2. The molecule has 0 aliphatic rings. The lowest BCUT2D eigenvalue weighted by Gasteiger charge is -2.15. The topological polar surface area (TPSA) is 67.4 Å². The average Bonchev–Trinajstić information content (AvgIpc) is 2.79. The molecule has 3 aromatic rings. The molecule has 0 fully saturated rings. The maximum Gasteiger partial charge on any atom is 0.262 e. The van der Waals surface area contributed by atoms with E-state index in [1.807, 2.05) is 62.4 Å². The molecule has 1 unspecified atom stereocenters. The second kappa shape index (κ2) is 10.8. The molecule has 31 heavy (non-hydrogen) atoms. The maximum absolute atomic E-state index is 12.5. The third kappa shape index (κ3) is 6.18. The van der Waals surface area contributed by atoms with Crippen molar-refractivity contribution in [1.82, 2.24) is 5.32 Å². The molecule has 0 saturated heterocycles. The lowest BCUT2D eigenvalue weighted by molar-refractivity contribution is -0.118. The number of para-hydroxylation sites is 1. The van der Waals surface area contributed by atoms with Gasteiger partial charge in [0.05, 0.1) is 15.7 Å². The number of anilines is 1. The summed E-state index contributed by atoms with van der Waals surface area (Å²) in [7, 11) is 0. The van der Waals surface area contributed by atoms with Gasteiger partial charge in [-0.3, -0.25) is 9.59 Å². The van der Waals surface area contributed by atoms with Crippen molar-refractivity contribution in [2.45, 2.75) is 26.3 Å². The lowest BCUT2D eigenvalue weighted by Crippen LogP contribution is -2.33. The molecule has 0 aliphatic carbocycles. The molecule has 0 aliphatic heterocycles.